The molecule has 0 aliphatic rings. The number of rotatable bonds is 7. The molecule has 4 aromatic rings. The number of imidazole rings is 1. The van der Waals surface area contributed by atoms with E-state index >= 15 is 0 Å². The summed E-state index contributed by atoms with van der Waals surface area (Å²) in [6.45, 7) is 3.63. The molecule has 0 amide bonds. The number of hydrogen-bond donors (Lipinski definition) is 2. The molecule has 10 heteroatoms. The lowest BCUT2D eigenvalue weighted by atomic mass is 10.2. The highest BCUT2D eigenvalue weighted by atomic mass is 16.6. The van der Waals surface area contributed by atoms with Crippen molar-refractivity contribution in [1.82, 2.24) is 24.8 Å². The predicted molar refractivity (Wildman–Crippen MR) is 97.8 cm³/mol. The van der Waals surface area contributed by atoms with Crippen LogP contribution in [-0.2, 0) is 6.54 Å². The van der Waals surface area contributed by atoms with Gasteiger partial charge in [0.1, 0.15) is 16.7 Å². The molecule has 27 heavy (non-hydrogen) atoms. The molecule has 0 fully saturated rings. The summed E-state index contributed by atoms with van der Waals surface area (Å²) in [7, 11) is 0. The highest BCUT2D eigenvalue weighted by molar-refractivity contribution is 5.95. The topological polar surface area (TPSA) is 144 Å². The van der Waals surface area contributed by atoms with Gasteiger partial charge in [0.05, 0.1) is 25.3 Å². The SMILES string of the molecule is CCn1c(-c2nonc2N)nc2c(-c3ccoc3)ncc(OCCCN)c21. The number of pyridine rings is 1. The van der Waals surface area contributed by atoms with E-state index in [0.29, 0.717) is 48.2 Å². The summed E-state index contributed by atoms with van der Waals surface area (Å²) < 4.78 is 17.8. The summed E-state index contributed by atoms with van der Waals surface area (Å²) in [6, 6.07) is 1.83. The number of nitrogen functional groups attached to an aromatic ring is 1. The lowest BCUT2D eigenvalue weighted by Gasteiger charge is -2.11. The van der Waals surface area contributed by atoms with Crippen LogP contribution >= 0.6 is 0 Å². The largest absolute Gasteiger partial charge is 0.490 e. The molecule has 4 N–H and O–H groups in total. The Hall–Kier alpha value is -3.40. The van der Waals surface area contributed by atoms with Crippen molar-refractivity contribution >= 4 is 16.9 Å². The molecule has 4 rings (SSSR count). The van der Waals surface area contributed by atoms with Crippen molar-refractivity contribution < 1.29 is 13.8 Å². The Morgan fingerprint density at radius 2 is 2.15 bits per heavy atom. The van der Waals surface area contributed by atoms with Gasteiger partial charge in [0, 0.05) is 12.1 Å². The lowest BCUT2D eigenvalue weighted by molar-refractivity contribution is 0.310. The first-order valence-corrected chi connectivity index (χ1v) is 8.57. The summed E-state index contributed by atoms with van der Waals surface area (Å²) in [5.41, 5.74) is 14.8. The van der Waals surface area contributed by atoms with Crippen molar-refractivity contribution in [2.75, 3.05) is 18.9 Å². The first kappa shape index (κ1) is 17.0. The Morgan fingerprint density at radius 1 is 1.26 bits per heavy atom. The minimum Gasteiger partial charge on any atom is -0.490 e. The van der Waals surface area contributed by atoms with Gasteiger partial charge in [0.2, 0.25) is 0 Å². The number of anilines is 1. The zero-order valence-electron chi connectivity index (χ0n) is 14.8. The molecule has 0 radical (unpaired) electrons. The zero-order valence-corrected chi connectivity index (χ0v) is 14.8. The van der Waals surface area contributed by atoms with Crippen molar-refractivity contribution in [3.05, 3.63) is 24.8 Å². The molecular formula is C17H19N7O3. The van der Waals surface area contributed by atoms with E-state index in [1.54, 1.807) is 18.7 Å². The quantitative estimate of drug-likeness (QED) is 0.468. The van der Waals surface area contributed by atoms with Crippen molar-refractivity contribution in [2.24, 2.45) is 5.73 Å². The van der Waals surface area contributed by atoms with Crippen LogP contribution in [0.4, 0.5) is 5.82 Å². The van der Waals surface area contributed by atoms with E-state index in [1.807, 2.05) is 17.6 Å². The number of nitrogens with two attached hydrogens (primary N) is 2. The molecule has 0 bridgehead atoms. The average molecular weight is 369 g/mol. The van der Waals surface area contributed by atoms with Gasteiger partial charge in [-0.25, -0.2) is 14.6 Å². The third kappa shape index (κ3) is 2.89. The fourth-order valence-corrected chi connectivity index (χ4v) is 2.93. The number of nitrogens with zero attached hydrogens (tertiary/aromatic N) is 5. The van der Waals surface area contributed by atoms with Crippen LogP contribution in [-0.4, -0.2) is 38.0 Å². The Kier molecular flexibility index (Phi) is 4.47. The van der Waals surface area contributed by atoms with Crippen molar-refractivity contribution in [3.8, 4) is 28.5 Å². The normalized spacial score (nSPS) is 11.3. The van der Waals surface area contributed by atoms with Crippen molar-refractivity contribution in [1.29, 1.82) is 0 Å². The maximum Gasteiger partial charge on any atom is 0.199 e. The first-order chi connectivity index (χ1) is 13.2. The second-order valence-corrected chi connectivity index (χ2v) is 5.85. The summed E-state index contributed by atoms with van der Waals surface area (Å²) >= 11 is 0. The third-order valence-corrected chi connectivity index (χ3v) is 4.18. The van der Waals surface area contributed by atoms with Gasteiger partial charge in [-0.05, 0) is 36.3 Å². The highest BCUT2D eigenvalue weighted by Crippen LogP contribution is 2.36. The Bertz CT molecular complexity index is 1050. The van der Waals surface area contributed by atoms with Crippen LogP contribution in [0.2, 0.25) is 0 Å². The van der Waals surface area contributed by atoms with E-state index < -0.39 is 0 Å². The Balaban J connectivity index is 1.97. The number of hydrogen-bond acceptors (Lipinski definition) is 9. The number of furan rings is 1. The van der Waals surface area contributed by atoms with Gasteiger partial charge < -0.3 is 25.2 Å². The van der Waals surface area contributed by atoms with Crippen LogP contribution in [0.1, 0.15) is 13.3 Å². The standard InChI is InChI=1S/C17H19N7O3/c1-2-24-15-11(26-6-3-5-18)8-20-12(10-4-7-25-9-10)13(15)21-17(24)14-16(19)23-27-22-14/h4,7-9H,2-3,5-6,18H2,1H3,(H2,19,23). The molecule has 0 aliphatic heterocycles. The molecule has 4 aromatic heterocycles. The minimum absolute atomic E-state index is 0.170. The summed E-state index contributed by atoms with van der Waals surface area (Å²) in [5.74, 6) is 1.32. The van der Waals surface area contributed by atoms with Gasteiger partial charge >= 0.3 is 0 Å². The highest BCUT2D eigenvalue weighted by Gasteiger charge is 2.24. The van der Waals surface area contributed by atoms with Gasteiger partial charge in [-0.2, -0.15) is 0 Å². The molecule has 0 aromatic carbocycles. The summed E-state index contributed by atoms with van der Waals surface area (Å²) in [6.07, 6.45) is 5.63. The average Bonchev–Trinajstić information content (AvgIpc) is 3.41. The number of aryl methyl sites for hydroxylation is 1. The second kappa shape index (κ2) is 7.08. The molecular weight excluding hydrogens is 350 g/mol. The second-order valence-electron chi connectivity index (χ2n) is 5.85. The van der Waals surface area contributed by atoms with E-state index in [-0.39, 0.29) is 5.82 Å². The third-order valence-electron chi connectivity index (χ3n) is 4.18. The number of aromatic nitrogens is 5. The van der Waals surface area contributed by atoms with Crippen LogP contribution < -0.4 is 16.2 Å². The van der Waals surface area contributed by atoms with Gasteiger partial charge in [0.25, 0.3) is 0 Å². The fourth-order valence-electron chi connectivity index (χ4n) is 2.93. The lowest BCUT2D eigenvalue weighted by Crippen LogP contribution is -2.07. The maximum absolute atomic E-state index is 5.92. The van der Waals surface area contributed by atoms with Crippen LogP contribution in [0.5, 0.6) is 5.75 Å². The smallest absolute Gasteiger partial charge is 0.199 e. The van der Waals surface area contributed by atoms with Crippen molar-refractivity contribution in [2.45, 2.75) is 19.9 Å². The predicted octanol–water partition coefficient (Wildman–Crippen LogP) is 2.07. The molecule has 4 heterocycles. The van der Waals surface area contributed by atoms with Gasteiger partial charge in [-0.3, -0.25) is 0 Å². The van der Waals surface area contributed by atoms with E-state index in [2.05, 4.69) is 15.3 Å². The van der Waals surface area contributed by atoms with Gasteiger partial charge in [-0.15, -0.1) is 0 Å². The zero-order chi connectivity index (χ0) is 18.8. The fraction of sp³-hybridized carbons (Fsp3) is 0.294. The molecule has 0 atom stereocenters. The van der Waals surface area contributed by atoms with Crippen LogP contribution in [0.3, 0.4) is 0 Å². The monoisotopic (exact) mass is 369 g/mol. The molecule has 0 unspecified atom stereocenters. The minimum atomic E-state index is 0.170. The van der Waals surface area contributed by atoms with Crippen molar-refractivity contribution in [3.63, 3.8) is 0 Å². The summed E-state index contributed by atoms with van der Waals surface area (Å²) in [4.78, 5) is 9.28. The number of fused-ring (bicyclic) bond motifs is 1. The molecule has 10 nitrogen and oxygen atoms in total. The molecule has 0 saturated carbocycles. The van der Waals surface area contributed by atoms with E-state index in [9.17, 15) is 0 Å². The Labute approximate surface area is 154 Å². The number of ether oxygens (including phenoxy) is 1. The van der Waals surface area contributed by atoms with Crippen LogP contribution in [0.15, 0.2) is 33.8 Å². The molecule has 0 aliphatic carbocycles. The first-order valence-electron chi connectivity index (χ1n) is 8.57. The van der Waals surface area contributed by atoms with Crippen LogP contribution in [0.25, 0.3) is 33.8 Å². The van der Waals surface area contributed by atoms with E-state index in [1.165, 1.54) is 0 Å². The molecule has 0 saturated heterocycles. The summed E-state index contributed by atoms with van der Waals surface area (Å²) in [5, 5.41) is 7.55. The van der Waals surface area contributed by atoms with Gasteiger partial charge in [-0.1, -0.05) is 0 Å². The van der Waals surface area contributed by atoms with E-state index in [0.717, 1.165) is 17.5 Å². The molecule has 0 spiro atoms. The van der Waals surface area contributed by atoms with Crippen LogP contribution in [0, 0.1) is 0 Å². The van der Waals surface area contributed by atoms with Gasteiger partial charge in [0.15, 0.2) is 23.1 Å². The maximum atomic E-state index is 5.92. The Morgan fingerprint density at radius 3 is 2.81 bits per heavy atom. The van der Waals surface area contributed by atoms with E-state index in [4.69, 9.17) is 30.2 Å². The molecule has 140 valence electrons.